The summed E-state index contributed by atoms with van der Waals surface area (Å²) in [5, 5.41) is 7.76. The van der Waals surface area contributed by atoms with Crippen LogP contribution in [0.2, 0.25) is 0 Å². The quantitative estimate of drug-likeness (QED) is 0.757. The molecule has 0 spiro atoms. The number of aryl methyl sites for hydroxylation is 2. The molecule has 3 aromatic rings. The van der Waals surface area contributed by atoms with Gasteiger partial charge in [-0.25, -0.2) is 24.3 Å². The summed E-state index contributed by atoms with van der Waals surface area (Å²) in [6.45, 7) is 6.22. The highest BCUT2D eigenvalue weighted by molar-refractivity contribution is 5.86. The van der Waals surface area contributed by atoms with Crippen LogP contribution in [0.1, 0.15) is 11.5 Å². The number of rotatable bonds is 2. The first-order chi connectivity index (χ1) is 11.6. The molecule has 4 rings (SSSR count). The second kappa shape index (κ2) is 5.66. The Kier molecular flexibility index (Phi) is 3.47. The summed E-state index contributed by atoms with van der Waals surface area (Å²) in [5.41, 5.74) is 1.10. The van der Waals surface area contributed by atoms with E-state index >= 15 is 0 Å². The van der Waals surface area contributed by atoms with Crippen molar-refractivity contribution in [3.05, 3.63) is 29.9 Å². The third-order valence-corrected chi connectivity index (χ3v) is 4.22. The highest BCUT2D eigenvalue weighted by Crippen LogP contribution is 2.25. The van der Waals surface area contributed by atoms with E-state index in [9.17, 15) is 4.39 Å². The van der Waals surface area contributed by atoms with Gasteiger partial charge >= 0.3 is 0 Å². The Balaban J connectivity index is 1.56. The molecule has 0 bridgehead atoms. The minimum absolute atomic E-state index is 0.340. The summed E-state index contributed by atoms with van der Waals surface area (Å²) >= 11 is 0. The van der Waals surface area contributed by atoms with Gasteiger partial charge < -0.3 is 9.80 Å². The lowest BCUT2D eigenvalue weighted by Crippen LogP contribution is -2.47. The van der Waals surface area contributed by atoms with E-state index in [-0.39, 0.29) is 5.82 Å². The molecule has 0 aromatic carbocycles. The van der Waals surface area contributed by atoms with Crippen molar-refractivity contribution in [1.82, 2.24) is 30.1 Å². The number of H-pyrrole nitrogens is 1. The first-order valence-electron chi connectivity index (χ1n) is 7.78. The summed E-state index contributed by atoms with van der Waals surface area (Å²) in [7, 11) is 0. The molecule has 1 aliphatic heterocycles. The fraction of sp³-hybridized carbons (Fsp3) is 0.400. The normalized spacial score (nSPS) is 15.3. The molecular formula is C15H17FN8. The van der Waals surface area contributed by atoms with Gasteiger partial charge in [0, 0.05) is 26.2 Å². The molecule has 124 valence electrons. The van der Waals surface area contributed by atoms with Gasteiger partial charge in [0.05, 0.1) is 17.3 Å². The number of nitrogens with zero attached hydrogens (tertiary/aromatic N) is 7. The molecule has 1 fully saturated rings. The van der Waals surface area contributed by atoms with Crippen LogP contribution in [0.15, 0.2) is 12.5 Å². The second-order valence-electron chi connectivity index (χ2n) is 5.80. The lowest BCUT2D eigenvalue weighted by Gasteiger charge is -2.36. The van der Waals surface area contributed by atoms with Gasteiger partial charge in [0.25, 0.3) is 0 Å². The van der Waals surface area contributed by atoms with Crippen LogP contribution in [0.25, 0.3) is 11.0 Å². The van der Waals surface area contributed by atoms with Crippen LogP contribution < -0.4 is 9.80 Å². The van der Waals surface area contributed by atoms with Crippen molar-refractivity contribution in [1.29, 1.82) is 0 Å². The third kappa shape index (κ3) is 2.41. The van der Waals surface area contributed by atoms with Gasteiger partial charge in [-0.2, -0.15) is 5.10 Å². The monoisotopic (exact) mass is 328 g/mol. The number of anilines is 2. The zero-order valence-corrected chi connectivity index (χ0v) is 13.5. The molecule has 0 atom stereocenters. The number of aromatic nitrogens is 6. The van der Waals surface area contributed by atoms with Crippen LogP contribution in [0.5, 0.6) is 0 Å². The smallest absolute Gasteiger partial charge is 0.186 e. The van der Waals surface area contributed by atoms with Crippen LogP contribution in [0.4, 0.5) is 16.0 Å². The Bertz CT molecular complexity index is 884. The molecule has 0 radical (unpaired) electrons. The largest absolute Gasteiger partial charge is 0.352 e. The van der Waals surface area contributed by atoms with Gasteiger partial charge in [0.15, 0.2) is 17.3 Å². The fourth-order valence-corrected chi connectivity index (χ4v) is 3.02. The number of nitrogens with one attached hydrogen (secondary N) is 1. The Morgan fingerprint density at radius 3 is 2.46 bits per heavy atom. The molecule has 1 aliphatic rings. The molecule has 0 aliphatic carbocycles. The van der Waals surface area contributed by atoms with E-state index in [1.807, 2.05) is 4.90 Å². The number of hydrogen-bond acceptors (Lipinski definition) is 7. The van der Waals surface area contributed by atoms with E-state index in [4.69, 9.17) is 0 Å². The highest BCUT2D eigenvalue weighted by atomic mass is 19.1. The molecule has 1 N–H and O–H groups in total. The summed E-state index contributed by atoms with van der Waals surface area (Å²) in [4.78, 5) is 21.0. The fourth-order valence-electron chi connectivity index (χ4n) is 3.02. The Labute approximate surface area is 137 Å². The Morgan fingerprint density at radius 1 is 1.00 bits per heavy atom. The van der Waals surface area contributed by atoms with Gasteiger partial charge in [-0.05, 0) is 13.8 Å². The maximum atomic E-state index is 14.3. The number of halogens is 1. The first kappa shape index (κ1) is 14.7. The van der Waals surface area contributed by atoms with Gasteiger partial charge in [-0.15, -0.1) is 0 Å². The number of piperazine rings is 1. The molecule has 0 unspecified atom stereocenters. The summed E-state index contributed by atoms with van der Waals surface area (Å²) in [6.07, 6.45) is 3.26. The average molecular weight is 328 g/mol. The van der Waals surface area contributed by atoms with Crippen molar-refractivity contribution in [3.63, 3.8) is 0 Å². The molecule has 0 saturated carbocycles. The van der Waals surface area contributed by atoms with Crippen LogP contribution in [-0.2, 0) is 0 Å². The molecule has 24 heavy (non-hydrogen) atoms. The summed E-state index contributed by atoms with van der Waals surface area (Å²) in [5.74, 6) is 1.48. The van der Waals surface area contributed by atoms with Crippen LogP contribution >= 0.6 is 0 Å². The van der Waals surface area contributed by atoms with E-state index in [2.05, 4.69) is 35.0 Å². The van der Waals surface area contributed by atoms with E-state index in [0.717, 1.165) is 29.9 Å². The zero-order valence-electron chi connectivity index (χ0n) is 13.5. The molecule has 8 nitrogen and oxygen atoms in total. The van der Waals surface area contributed by atoms with Crippen molar-refractivity contribution >= 4 is 22.7 Å². The lowest BCUT2D eigenvalue weighted by atomic mass is 10.2. The lowest BCUT2D eigenvalue weighted by molar-refractivity contribution is 0.571. The van der Waals surface area contributed by atoms with Gasteiger partial charge in [-0.3, -0.25) is 5.10 Å². The molecule has 0 amide bonds. The topological polar surface area (TPSA) is 86.7 Å². The molecular weight excluding hydrogens is 311 g/mol. The molecule has 1 saturated heterocycles. The third-order valence-electron chi connectivity index (χ3n) is 4.22. The van der Waals surface area contributed by atoms with Crippen molar-refractivity contribution in [2.24, 2.45) is 0 Å². The number of hydrogen-bond donors (Lipinski definition) is 1. The zero-order chi connectivity index (χ0) is 16.7. The maximum absolute atomic E-state index is 14.3. The van der Waals surface area contributed by atoms with E-state index in [1.165, 1.54) is 6.33 Å². The average Bonchev–Trinajstić information content (AvgIpc) is 3.07. The van der Waals surface area contributed by atoms with Crippen LogP contribution in [0.3, 0.4) is 0 Å². The summed E-state index contributed by atoms with van der Waals surface area (Å²) < 4.78 is 14.3. The number of fused-ring (bicyclic) bond motifs is 1. The van der Waals surface area contributed by atoms with Crippen molar-refractivity contribution in [3.8, 4) is 0 Å². The standard InChI is InChI=1S/C15H17FN8/c1-9-12(16)15(21-10(2)20-9)24-5-3-23(4-6-24)14-11-7-19-22-13(11)17-8-18-14/h7-8H,3-6H2,1-2H3,(H,17,18,19,22). The summed E-state index contributed by atoms with van der Waals surface area (Å²) in [6, 6.07) is 0. The van der Waals surface area contributed by atoms with Crippen LogP contribution in [-0.4, -0.2) is 56.3 Å². The van der Waals surface area contributed by atoms with E-state index < -0.39 is 0 Å². The van der Waals surface area contributed by atoms with Crippen molar-refractivity contribution in [2.75, 3.05) is 36.0 Å². The van der Waals surface area contributed by atoms with Gasteiger partial charge in [-0.1, -0.05) is 0 Å². The first-order valence-corrected chi connectivity index (χ1v) is 7.78. The van der Waals surface area contributed by atoms with Gasteiger partial charge in [0.2, 0.25) is 0 Å². The maximum Gasteiger partial charge on any atom is 0.186 e. The van der Waals surface area contributed by atoms with Crippen molar-refractivity contribution < 1.29 is 4.39 Å². The second-order valence-corrected chi connectivity index (χ2v) is 5.80. The van der Waals surface area contributed by atoms with E-state index in [0.29, 0.717) is 30.4 Å². The SMILES string of the molecule is Cc1nc(C)c(F)c(N2CCN(c3ncnc4[nH]ncc34)CC2)n1. The molecule has 9 heteroatoms. The Hall–Kier alpha value is -2.84. The highest BCUT2D eigenvalue weighted by Gasteiger charge is 2.24. The predicted molar refractivity (Wildman–Crippen MR) is 87.6 cm³/mol. The predicted octanol–water partition coefficient (Wildman–Crippen LogP) is 1.23. The Morgan fingerprint density at radius 2 is 1.71 bits per heavy atom. The molecule has 4 heterocycles. The minimum atomic E-state index is -0.340. The number of aromatic amines is 1. The minimum Gasteiger partial charge on any atom is -0.352 e. The van der Waals surface area contributed by atoms with Crippen molar-refractivity contribution in [2.45, 2.75) is 13.8 Å². The van der Waals surface area contributed by atoms with Crippen LogP contribution in [0, 0.1) is 19.7 Å². The van der Waals surface area contributed by atoms with Gasteiger partial charge in [0.1, 0.15) is 18.0 Å². The van der Waals surface area contributed by atoms with E-state index in [1.54, 1.807) is 20.0 Å². The molecule has 3 aromatic heterocycles.